The van der Waals surface area contributed by atoms with Gasteiger partial charge in [0.2, 0.25) is 0 Å². The van der Waals surface area contributed by atoms with Gasteiger partial charge in [0.05, 0.1) is 27.0 Å². The van der Waals surface area contributed by atoms with Gasteiger partial charge in [-0.1, -0.05) is 6.07 Å². The van der Waals surface area contributed by atoms with E-state index in [1.807, 2.05) is 0 Å². The van der Waals surface area contributed by atoms with Gasteiger partial charge in [-0.25, -0.2) is 8.42 Å². The van der Waals surface area contributed by atoms with Crippen molar-refractivity contribution >= 4 is 21.8 Å². The van der Waals surface area contributed by atoms with Crippen LogP contribution in [0.25, 0.3) is 0 Å². The first-order valence-corrected chi connectivity index (χ1v) is 9.64. The molecule has 148 valence electrons. The Morgan fingerprint density at radius 3 is 2.63 bits per heavy atom. The number of sulfone groups is 1. The van der Waals surface area contributed by atoms with E-state index in [1.165, 1.54) is 13.0 Å². The summed E-state index contributed by atoms with van der Waals surface area (Å²) < 4.78 is 69.3. The Balaban J connectivity index is 2.38. The van der Waals surface area contributed by atoms with E-state index in [-0.39, 0.29) is 30.1 Å². The van der Waals surface area contributed by atoms with Crippen LogP contribution in [-0.4, -0.2) is 37.9 Å². The molecule has 0 spiro atoms. The molecule has 1 aliphatic rings. The molecular weight excluding hydrogens is 383 g/mol. The van der Waals surface area contributed by atoms with Gasteiger partial charge < -0.3 is 4.74 Å². The van der Waals surface area contributed by atoms with Gasteiger partial charge in [-0.2, -0.15) is 13.2 Å². The number of benzene rings is 1. The number of carbonyl (C=O) groups excluding carboxylic acids is 1. The molecule has 0 saturated carbocycles. The van der Waals surface area contributed by atoms with E-state index in [0.29, 0.717) is 17.9 Å². The van der Waals surface area contributed by atoms with Crippen LogP contribution in [0.1, 0.15) is 32.3 Å². The second-order valence-corrected chi connectivity index (χ2v) is 9.22. The minimum atomic E-state index is -4.64. The molecule has 0 amide bonds. The van der Waals surface area contributed by atoms with Crippen LogP contribution in [0.4, 0.5) is 13.2 Å². The molecular formula is C18H20F3NO4S. The number of halogens is 3. The van der Waals surface area contributed by atoms with Crippen molar-refractivity contribution in [3.05, 3.63) is 41.5 Å². The van der Waals surface area contributed by atoms with Crippen molar-refractivity contribution in [1.29, 1.82) is 5.41 Å². The molecule has 0 aromatic heterocycles. The summed E-state index contributed by atoms with van der Waals surface area (Å²) in [6.07, 6.45) is -3.50. The Hall–Kier alpha value is -2.00. The van der Waals surface area contributed by atoms with Gasteiger partial charge in [-0.15, -0.1) is 0 Å². The van der Waals surface area contributed by atoms with E-state index in [1.54, 1.807) is 6.92 Å². The lowest BCUT2D eigenvalue weighted by molar-refractivity contribution is -0.137. The summed E-state index contributed by atoms with van der Waals surface area (Å²) in [5.74, 6) is 0. The van der Waals surface area contributed by atoms with E-state index >= 15 is 0 Å². The molecule has 0 radical (unpaired) electrons. The highest BCUT2D eigenvalue weighted by Gasteiger charge is 2.45. The normalized spacial score (nSPS) is 24.5. The third kappa shape index (κ3) is 4.47. The molecule has 1 aliphatic heterocycles. The SMILES string of the molecule is C/C(=C\C(=N)C=O)C1CC(C)(S(=O)(=O)c2cccc(C(F)(F)F)c2)CCO1. The molecule has 1 N–H and O–H groups in total. The van der Waals surface area contributed by atoms with Gasteiger partial charge in [0.15, 0.2) is 16.1 Å². The number of carbonyl (C=O) groups is 1. The lowest BCUT2D eigenvalue weighted by Crippen LogP contribution is -2.45. The molecule has 2 unspecified atom stereocenters. The monoisotopic (exact) mass is 403 g/mol. The molecule has 2 atom stereocenters. The maximum absolute atomic E-state index is 13.1. The average Bonchev–Trinajstić information content (AvgIpc) is 2.60. The number of allylic oxidation sites excluding steroid dienone is 1. The van der Waals surface area contributed by atoms with Crippen LogP contribution in [0.15, 0.2) is 40.8 Å². The second kappa shape index (κ2) is 7.55. The Bertz CT molecular complexity index is 877. The summed E-state index contributed by atoms with van der Waals surface area (Å²) in [6, 6.07) is 3.71. The predicted molar refractivity (Wildman–Crippen MR) is 93.6 cm³/mol. The highest BCUT2D eigenvalue weighted by Crippen LogP contribution is 2.39. The molecule has 9 heteroatoms. The predicted octanol–water partition coefficient (Wildman–Crippen LogP) is 3.58. The van der Waals surface area contributed by atoms with Crippen molar-refractivity contribution < 1.29 is 31.1 Å². The minimum Gasteiger partial charge on any atom is -0.374 e. The van der Waals surface area contributed by atoms with Crippen LogP contribution < -0.4 is 0 Å². The zero-order valence-electron chi connectivity index (χ0n) is 14.8. The van der Waals surface area contributed by atoms with Crippen molar-refractivity contribution in [3.8, 4) is 0 Å². The summed E-state index contributed by atoms with van der Waals surface area (Å²) in [5, 5.41) is 7.40. The Labute approximate surface area is 155 Å². The van der Waals surface area contributed by atoms with Gasteiger partial charge in [-0.05, 0) is 56.5 Å². The largest absolute Gasteiger partial charge is 0.416 e. The second-order valence-electron chi connectivity index (χ2n) is 6.75. The topological polar surface area (TPSA) is 84.3 Å². The summed E-state index contributed by atoms with van der Waals surface area (Å²) >= 11 is 0. The van der Waals surface area contributed by atoms with E-state index in [4.69, 9.17) is 10.1 Å². The molecule has 5 nitrogen and oxygen atoms in total. The Morgan fingerprint density at radius 1 is 1.37 bits per heavy atom. The standard InChI is InChI=1S/C18H20F3NO4S/c1-12(8-14(22)11-23)16-10-17(2,6-7-26-16)27(24,25)15-5-3-4-13(9-15)18(19,20)21/h3-5,8-9,11,16,22H,6-7,10H2,1-2H3/b12-8+,22-14?. The number of hydrogen-bond acceptors (Lipinski definition) is 5. The van der Waals surface area contributed by atoms with Gasteiger partial charge in [-0.3, -0.25) is 10.2 Å². The third-order valence-electron chi connectivity index (χ3n) is 4.71. The number of aldehydes is 1. The summed E-state index contributed by atoms with van der Waals surface area (Å²) in [4.78, 5) is 10.2. The third-order valence-corrected chi connectivity index (χ3v) is 7.25. The van der Waals surface area contributed by atoms with Crippen molar-refractivity contribution in [2.75, 3.05) is 6.61 Å². The van der Waals surface area contributed by atoms with Gasteiger partial charge in [0, 0.05) is 6.61 Å². The zero-order valence-corrected chi connectivity index (χ0v) is 15.7. The molecule has 1 aromatic carbocycles. The van der Waals surface area contributed by atoms with Crippen LogP contribution in [0.3, 0.4) is 0 Å². The molecule has 1 saturated heterocycles. The van der Waals surface area contributed by atoms with Crippen LogP contribution in [0, 0.1) is 5.41 Å². The van der Waals surface area contributed by atoms with Crippen LogP contribution in [-0.2, 0) is 25.5 Å². The lowest BCUT2D eigenvalue weighted by atomic mass is 9.92. The molecule has 1 aromatic rings. The average molecular weight is 403 g/mol. The zero-order chi connectivity index (χ0) is 20.5. The molecule has 0 aliphatic carbocycles. The minimum absolute atomic E-state index is 0.0139. The first-order valence-electron chi connectivity index (χ1n) is 8.16. The smallest absolute Gasteiger partial charge is 0.374 e. The maximum atomic E-state index is 13.1. The van der Waals surface area contributed by atoms with Crippen molar-refractivity contribution in [3.63, 3.8) is 0 Å². The summed E-state index contributed by atoms with van der Waals surface area (Å²) in [7, 11) is -4.08. The highest BCUT2D eigenvalue weighted by atomic mass is 32.2. The molecule has 0 bridgehead atoms. The van der Waals surface area contributed by atoms with E-state index in [9.17, 15) is 26.4 Å². The van der Waals surface area contributed by atoms with E-state index in [2.05, 4.69) is 0 Å². The first-order chi connectivity index (χ1) is 12.4. The molecule has 27 heavy (non-hydrogen) atoms. The molecule has 1 heterocycles. The Morgan fingerprint density at radius 2 is 2.04 bits per heavy atom. The Kier molecular flexibility index (Phi) is 5.96. The van der Waals surface area contributed by atoms with Gasteiger partial charge >= 0.3 is 6.18 Å². The lowest BCUT2D eigenvalue weighted by Gasteiger charge is -2.38. The number of nitrogens with one attached hydrogen (secondary N) is 1. The fraction of sp³-hybridized carbons (Fsp3) is 0.444. The number of alkyl halides is 3. The summed E-state index contributed by atoms with van der Waals surface area (Å²) in [5.41, 5.74) is -0.785. The number of ether oxygens (including phenoxy) is 1. The van der Waals surface area contributed by atoms with E-state index in [0.717, 1.165) is 18.2 Å². The van der Waals surface area contributed by atoms with E-state index < -0.39 is 32.4 Å². The molecule has 1 fully saturated rings. The van der Waals surface area contributed by atoms with Crippen molar-refractivity contribution in [2.24, 2.45) is 0 Å². The van der Waals surface area contributed by atoms with Crippen LogP contribution in [0.2, 0.25) is 0 Å². The number of rotatable bonds is 5. The van der Waals surface area contributed by atoms with Gasteiger partial charge in [0.25, 0.3) is 0 Å². The van der Waals surface area contributed by atoms with Crippen molar-refractivity contribution in [1.82, 2.24) is 0 Å². The van der Waals surface area contributed by atoms with Gasteiger partial charge in [0.1, 0.15) is 0 Å². The fourth-order valence-electron chi connectivity index (χ4n) is 3.00. The van der Waals surface area contributed by atoms with Crippen LogP contribution in [0.5, 0.6) is 0 Å². The van der Waals surface area contributed by atoms with Crippen molar-refractivity contribution in [2.45, 2.75) is 48.6 Å². The summed E-state index contributed by atoms with van der Waals surface area (Å²) in [6.45, 7) is 3.20. The van der Waals surface area contributed by atoms with Crippen LogP contribution >= 0.6 is 0 Å². The molecule has 2 rings (SSSR count). The highest BCUT2D eigenvalue weighted by molar-refractivity contribution is 7.92. The first kappa shape index (κ1) is 21.3. The fourth-order valence-corrected chi connectivity index (χ4v) is 4.83. The maximum Gasteiger partial charge on any atom is 0.416 e. The quantitative estimate of drug-likeness (QED) is 0.602. The number of hydrogen-bond donors (Lipinski definition) is 1.